The first kappa shape index (κ1) is 25.3. The maximum Gasteiger partial charge on any atom is 0.344 e. The zero-order valence-corrected chi connectivity index (χ0v) is 19.1. The van der Waals surface area contributed by atoms with Crippen LogP contribution in [0.1, 0.15) is 25.8 Å². The van der Waals surface area contributed by atoms with E-state index in [0.717, 1.165) is 5.56 Å². The molecule has 8 nitrogen and oxygen atoms in total. The number of amides is 1. The van der Waals surface area contributed by atoms with Gasteiger partial charge in [-0.15, -0.1) is 0 Å². The van der Waals surface area contributed by atoms with Gasteiger partial charge in [-0.2, -0.15) is 5.26 Å². The number of ether oxygens (including phenoxy) is 4. The number of nitrogens with zero attached hydrogens (tertiary/aromatic N) is 2. The van der Waals surface area contributed by atoms with E-state index in [1.165, 1.54) is 12.0 Å². The Kier molecular flexibility index (Phi) is 10.3. The van der Waals surface area contributed by atoms with Crippen LogP contribution in [-0.2, 0) is 14.3 Å². The monoisotopic (exact) mass is 452 g/mol. The van der Waals surface area contributed by atoms with Crippen molar-refractivity contribution in [3.05, 3.63) is 54.1 Å². The molecular formula is C25H28N2O6. The number of nitriles is 1. The number of anilines is 1. The van der Waals surface area contributed by atoms with Crippen LogP contribution in [0.5, 0.6) is 17.2 Å². The average molecular weight is 453 g/mol. The van der Waals surface area contributed by atoms with Gasteiger partial charge in [0.2, 0.25) is 0 Å². The molecule has 8 heteroatoms. The molecule has 174 valence electrons. The Bertz CT molecular complexity index is 995. The molecule has 0 fully saturated rings. The van der Waals surface area contributed by atoms with Gasteiger partial charge in [0, 0.05) is 12.2 Å². The second-order valence-corrected chi connectivity index (χ2v) is 6.74. The van der Waals surface area contributed by atoms with Crippen LogP contribution in [0.2, 0.25) is 0 Å². The molecular weight excluding hydrogens is 424 g/mol. The fraction of sp³-hybridized carbons (Fsp3) is 0.320. The van der Waals surface area contributed by atoms with E-state index in [0.29, 0.717) is 29.5 Å². The van der Waals surface area contributed by atoms with Crippen LogP contribution in [0.3, 0.4) is 0 Å². The summed E-state index contributed by atoms with van der Waals surface area (Å²) < 4.78 is 21.3. The van der Waals surface area contributed by atoms with Crippen LogP contribution in [-0.4, -0.2) is 45.4 Å². The Balaban J connectivity index is 1.95. The maximum atomic E-state index is 12.7. The number of methoxy groups -OCH3 is 1. The van der Waals surface area contributed by atoms with Crippen LogP contribution in [0, 0.1) is 11.3 Å². The van der Waals surface area contributed by atoms with E-state index in [2.05, 4.69) is 0 Å². The summed E-state index contributed by atoms with van der Waals surface area (Å²) in [6, 6.07) is 14.2. The Morgan fingerprint density at radius 1 is 1.06 bits per heavy atom. The molecule has 2 aromatic rings. The van der Waals surface area contributed by atoms with E-state index in [1.54, 1.807) is 36.4 Å². The number of esters is 1. The highest BCUT2D eigenvalue weighted by Gasteiger charge is 2.18. The highest BCUT2D eigenvalue weighted by Crippen LogP contribution is 2.28. The van der Waals surface area contributed by atoms with Crippen molar-refractivity contribution >= 4 is 23.6 Å². The first-order valence-electron chi connectivity index (χ1n) is 10.5. The number of rotatable bonds is 12. The smallest absolute Gasteiger partial charge is 0.344 e. The van der Waals surface area contributed by atoms with Gasteiger partial charge in [-0.3, -0.25) is 4.79 Å². The van der Waals surface area contributed by atoms with Crippen molar-refractivity contribution in [2.24, 2.45) is 0 Å². The van der Waals surface area contributed by atoms with Crippen molar-refractivity contribution in [1.82, 2.24) is 0 Å². The molecule has 1 amide bonds. The lowest BCUT2D eigenvalue weighted by Crippen LogP contribution is -2.36. The molecule has 0 bridgehead atoms. The van der Waals surface area contributed by atoms with Gasteiger partial charge in [0.05, 0.1) is 26.2 Å². The molecule has 2 aromatic carbocycles. The van der Waals surface area contributed by atoms with Gasteiger partial charge in [0.25, 0.3) is 5.91 Å². The first-order valence-corrected chi connectivity index (χ1v) is 10.5. The SMILES string of the molecule is C/C=C/c1ccc(OCC(=O)OCC(=O)N(CCC#N)c2ccc(OCC)cc2)c(OC)c1. The molecule has 0 saturated carbocycles. The topological polar surface area (TPSA) is 98.1 Å². The van der Waals surface area contributed by atoms with Crippen molar-refractivity contribution in [2.75, 3.05) is 38.4 Å². The quantitative estimate of drug-likeness (QED) is 0.449. The molecule has 0 aliphatic heterocycles. The third-order valence-electron chi connectivity index (χ3n) is 4.46. The second-order valence-electron chi connectivity index (χ2n) is 6.74. The van der Waals surface area contributed by atoms with Gasteiger partial charge in [-0.1, -0.05) is 18.2 Å². The summed E-state index contributed by atoms with van der Waals surface area (Å²) in [6.07, 6.45) is 3.95. The van der Waals surface area contributed by atoms with Gasteiger partial charge in [0.1, 0.15) is 5.75 Å². The summed E-state index contributed by atoms with van der Waals surface area (Å²) in [5.41, 5.74) is 1.51. The van der Waals surface area contributed by atoms with Crippen LogP contribution < -0.4 is 19.1 Å². The minimum absolute atomic E-state index is 0.138. The minimum atomic E-state index is -0.699. The molecule has 0 aromatic heterocycles. The Labute approximate surface area is 193 Å². The maximum absolute atomic E-state index is 12.7. The second kappa shape index (κ2) is 13.4. The molecule has 33 heavy (non-hydrogen) atoms. The zero-order valence-electron chi connectivity index (χ0n) is 19.1. The lowest BCUT2D eigenvalue weighted by Gasteiger charge is -2.22. The predicted octanol–water partition coefficient (Wildman–Crippen LogP) is 4.00. The van der Waals surface area contributed by atoms with Crippen LogP contribution in [0.15, 0.2) is 48.5 Å². The third-order valence-corrected chi connectivity index (χ3v) is 4.46. The molecule has 0 spiro atoms. The van der Waals surface area contributed by atoms with Gasteiger partial charge < -0.3 is 23.8 Å². The lowest BCUT2D eigenvalue weighted by molar-refractivity contribution is -0.149. The largest absolute Gasteiger partial charge is 0.494 e. The third kappa shape index (κ3) is 7.89. The molecule has 0 aliphatic carbocycles. The molecule has 0 N–H and O–H groups in total. The average Bonchev–Trinajstić information content (AvgIpc) is 2.83. The Morgan fingerprint density at radius 2 is 1.82 bits per heavy atom. The highest BCUT2D eigenvalue weighted by atomic mass is 16.6. The summed E-state index contributed by atoms with van der Waals surface area (Å²) in [6.45, 7) is 3.63. The van der Waals surface area contributed by atoms with E-state index in [1.807, 2.05) is 38.1 Å². The molecule has 0 radical (unpaired) electrons. The molecule has 2 rings (SSSR count). The number of carbonyl (C=O) groups excluding carboxylic acids is 2. The summed E-state index contributed by atoms with van der Waals surface area (Å²) in [5, 5.41) is 8.92. The summed E-state index contributed by atoms with van der Waals surface area (Å²) >= 11 is 0. The van der Waals surface area contributed by atoms with Gasteiger partial charge in [-0.05, 0) is 55.8 Å². The molecule has 0 saturated heterocycles. The van der Waals surface area contributed by atoms with Crippen LogP contribution >= 0.6 is 0 Å². The van der Waals surface area contributed by atoms with Gasteiger partial charge in [-0.25, -0.2) is 4.79 Å². The number of allylic oxidation sites excluding steroid dienone is 1. The molecule has 0 unspecified atom stereocenters. The normalized spacial score (nSPS) is 10.4. The molecule has 0 atom stereocenters. The standard InChI is InChI=1S/C25H28N2O6/c1-4-7-19-8-13-22(23(16-19)30-3)32-18-25(29)33-17-24(28)27(15-6-14-26)20-9-11-21(12-10-20)31-5-2/h4,7-13,16H,5-6,15,17-18H2,1-3H3/b7-4+. The number of hydrogen-bond acceptors (Lipinski definition) is 7. The predicted molar refractivity (Wildman–Crippen MR) is 124 cm³/mol. The fourth-order valence-electron chi connectivity index (χ4n) is 2.95. The van der Waals surface area contributed by atoms with Crippen molar-refractivity contribution < 1.29 is 28.5 Å². The Hall–Kier alpha value is -3.99. The molecule has 0 heterocycles. The van der Waals surface area contributed by atoms with E-state index in [9.17, 15) is 9.59 Å². The van der Waals surface area contributed by atoms with E-state index in [4.69, 9.17) is 24.2 Å². The summed E-state index contributed by atoms with van der Waals surface area (Å²) in [7, 11) is 1.51. The van der Waals surface area contributed by atoms with Crippen molar-refractivity contribution in [3.63, 3.8) is 0 Å². The lowest BCUT2D eigenvalue weighted by atomic mass is 10.2. The Morgan fingerprint density at radius 3 is 2.45 bits per heavy atom. The zero-order chi connectivity index (χ0) is 24.1. The number of hydrogen-bond donors (Lipinski definition) is 0. The molecule has 0 aliphatic rings. The summed E-state index contributed by atoms with van der Waals surface area (Å²) in [5.74, 6) is 0.393. The first-order chi connectivity index (χ1) is 16.0. The van der Waals surface area contributed by atoms with Crippen LogP contribution in [0.25, 0.3) is 6.08 Å². The van der Waals surface area contributed by atoms with E-state index < -0.39 is 18.5 Å². The minimum Gasteiger partial charge on any atom is -0.494 e. The van der Waals surface area contributed by atoms with Gasteiger partial charge in [0.15, 0.2) is 24.7 Å². The van der Waals surface area contributed by atoms with Crippen LogP contribution in [0.4, 0.5) is 5.69 Å². The van der Waals surface area contributed by atoms with E-state index >= 15 is 0 Å². The van der Waals surface area contributed by atoms with Crippen molar-refractivity contribution in [3.8, 4) is 23.3 Å². The number of carbonyl (C=O) groups is 2. The number of benzene rings is 2. The van der Waals surface area contributed by atoms with Gasteiger partial charge >= 0.3 is 5.97 Å². The highest BCUT2D eigenvalue weighted by molar-refractivity contribution is 5.95. The summed E-state index contributed by atoms with van der Waals surface area (Å²) in [4.78, 5) is 26.2. The van der Waals surface area contributed by atoms with Crippen molar-refractivity contribution in [1.29, 1.82) is 5.26 Å². The van der Waals surface area contributed by atoms with Crippen molar-refractivity contribution in [2.45, 2.75) is 20.3 Å². The fourth-order valence-corrected chi connectivity index (χ4v) is 2.95. The van der Waals surface area contributed by atoms with E-state index in [-0.39, 0.29) is 19.6 Å².